The van der Waals surface area contributed by atoms with E-state index in [1.54, 1.807) is 11.0 Å². The van der Waals surface area contributed by atoms with E-state index in [1.807, 2.05) is 32.0 Å². The number of aromatic nitrogens is 2. The Kier molecular flexibility index (Phi) is 4.92. The minimum atomic E-state index is -0.260. The van der Waals surface area contributed by atoms with Crippen molar-refractivity contribution >= 4 is 23.8 Å². The van der Waals surface area contributed by atoms with Crippen molar-refractivity contribution < 1.29 is 9.59 Å². The minimum absolute atomic E-state index is 0.260. The van der Waals surface area contributed by atoms with Crippen molar-refractivity contribution in [2.45, 2.75) is 13.8 Å². The molecule has 0 radical (unpaired) electrons. The molecule has 2 aromatic rings. The van der Waals surface area contributed by atoms with Crippen molar-refractivity contribution in [1.29, 1.82) is 0 Å². The second-order valence-corrected chi connectivity index (χ2v) is 6.09. The number of benzene rings is 1. The molecule has 0 atom stereocenters. The lowest BCUT2D eigenvalue weighted by Crippen LogP contribution is -2.46. The van der Waals surface area contributed by atoms with Crippen LogP contribution in [-0.4, -0.2) is 53.4 Å². The molecule has 7 heteroatoms. The van der Waals surface area contributed by atoms with Gasteiger partial charge in [0.2, 0.25) is 6.41 Å². The van der Waals surface area contributed by atoms with Gasteiger partial charge in [-0.2, -0.15) is 0 Å². The molecule has 1 fully saturated rings. The van der Waals surface area contributed by atoms with Gasteiger partial charge in [-0.1, -0.05) is 12.1 Å². The first-order valence-electron chi connectivity index (χ1n) is 8.22. The largest absolute Gasteiger partial charge is 0.353 e. The van der Waals surface area contributed by atoms with Gasteiger partial charge in [-0.15, -0.1) is 0 Å². The lowest BCUT2D eigenvalue weighted by molar-refractivity contribution is -0.118. The summed E-state index contributed by atoms with van der Waals surface area (Å²) in [4.78, 5) is 35.5. The van der Waals surface area contributed by atoms with E-state index < -0.39 is 0 Å². The van der Waals surface area contributed by atoms with Crippen LogP contribution in [0.15, 0.2) is 30.6 Å². The average molecular weight is 339 g/mol. The van der Waals surface area contributed by atoms with Crippen LogP contribution in [0.25, 0.3) is 0 Å². The summed E-state index contributed by atoms with van der Waals surface area (Å²) in [6, 6.07) is 7.49. The number of anilines is 2. The molecule has 0 bridgehead atoms. The van der Waals surface area contributed by atoms with Gasteiger partial charge in [0.1, 0.15) is 17.8 Å². The van der Waals surface area contributed by atoms with E-state index in [0.717, 1.165) is 23.2 Å². The number of hydrogen-bond acceptors (Lipinski definition) is 5. The molecule has 2 heterocycles. The van der Waals surface area contributed by atoms with Crippen LogP contribution in [0.5, 0.6) is 0 Å². The fraction of sp³-hybridized carbons (Fsp3) is 0.333. The van der Waals surface area contributed by atoms with Crippen LogP contribution in [0, 0.1) is 13.8 Å². The molecule has 1 aliphatic heterocycles. The summed E-state index contributed by atoms with van der Waals surface area (Å²) in [7, 11) is 0. The Morgan fingerprint density at radius 1 is 1.16 bits per heavy atom. The lowest BCUT2D eigenvalue weighted by atomic mass is 10.1. The third-order valence-electron chi connectivity index (χ3n) is 4.53. The molecule has 3 rings (SSSR count). The number of rotatable bonds is 4. The normalized spacial score (nSPS) is 14.3. The maximum absolute atomic E-state index is 12.5. The molecule has 1 N–H and O–H groups in total. The first kappa shape index (κ1) is 16.9. The van der Waals surface area contributed by atoms with E-state index in [4.69, 9.17) is 0 Å². The van der Waals surface area contributed by atoms with Gasteiger partial charge in [-0.05, 0) is 31.0 Å². The number of nitrogens with one attached hydrogen (secondary N) is 1. The predicted octanol–water partition coefficient (Wildman–Crippen LogP) is 1.62. The zero-order chi connectivity index (χ0) is 17.8. The van der Waals surface area contributed by atoms with Gasteiger partial charge in [-0.25, -0.2) is 9.97 Å². The molecule has 2 amide bonds. The van der Waals surface area contributed by atoms with Crippen LogP contribution >= 0.6 is 0 Å². The highest BCUT2D eigenvalue weighted by atomic mass is 16.2. The van der Waals surface area contributed by atoms with Crippen LogP contribution in [0.3, 0.4) is 0 Å². The van der Waals surface area contributed by atoms with Gasteiger partial charge in [-0.3, -0.25) is 9.59 Å². The summed E-state index contributed by atoms with van der Waals surface area (Å²) in [5.74, 6) is 0.440. The zero-order valence-electron chi connectivity index (χ0n) is 14.4. The summed E-state index contributed by atoms with van der Waals surface area (Å²) < 4.78 is 0. The topological polar surface area (TPSA) is 78.4 Å². The summed E-state index contributed by atoms with van der Waals surface area (Å²) in [5.41, 5.74) is 3.26. The second-order valence-electron chi connectivity index (χ2n) is 6.09. The Balaban J connectivity index is 1.74. The lowest BCUT2D eigenvalue weighted by Gasteiger charge is -2.33. The fourth-order valence-electron chi connectivity index (χ4n) is 2.77. The third kappa shape index (κ3) is 3.76. The van der Waals surface area contributed by atoms with Crippen molar-refractivity contribution in [2.24, 2.45) is 0 Å². The van der Waals surface area contributed by atoms with E-state index in [9.17, 15) is 9.59 Å². The quantitative estimate of drug-likeness (QED) is 0.857. The molecule has 1 saturated heterocycles. The van der Waals surface area contributed by atoms with Gasteiger partial charge in [0.25, 0.3) is 5.91 Å². The van der Waals surface area contributed by atoms with Crippen LogP contribution in [0.2, 0.25) is 0 Å². The van der Waals surface area contributed by atoms with E-state index in [2.05, 4.69) is 20.2 Å². The number of carbonyl (C=O) groups excluding carboxylic acids is 2. The Labute approximate surface area is 146 Å². The van der Waals surface area contributed by atoms with E-state index in [0.29, 0.717) is 37.7 Å². The second kappa shape index (κ2) is 7.29. The van der Waals surface area contributed by atoms with Gasteiger partial charge >= 0.3 is 0 Å². The van der Waals surface area contributed by atoms with Crippen LogP contribution in [0.4, 0.5) is 11.5 Å². The molecule has 1 aromatic carbocycles. The third-order valence-corrected chi connectivity index (χ3v) is 4.53. The summed E-state index contributed by atoms with van der Waals surface area (Å²) in [5, 5.41) is 2.91. The van der Waals surface area contributed by atoms with Gasteiger partial charge in [0, 0.05) is 37.9 Å². The monoisotopic (exact) mass is 339 g/mol. The van der Waals surface area contributed by atoms with Gasteiger partial charge in [0.05, 0.1) is 0 Å². The summed E-state index contributed by atoms with van der Waals surface area (Å²) in [6.45, 7) is 6.66. The number of amides is 2. The molecule has 25 heavy (non-hydrogen) atoms. The van der Waals surface area contributed by atoms with Gasteiger partial charge in [0.15, 0.2) is 0 Å². The van der Waals surface area contributed by atoms with Gasteiger partial charge < -0.3 is 15.1 Å². The number of carbonyl (C=O) groups is 2. The fourth-order valence-corrected chi connectivity index (χ4v) is 2.77. The SMILES string of the molecule is Cc1cccc(NC(=O)c2cc(N3CCN(C=O)CC3)ncn2)c1C. The first-order chi connectivity index (χ1) is 12.1. The molecule has 7 nitrogen and oxygen atoms in total. The molecule has 0 saturated carbocycles. The van der Waals surface area contributed by atoms with Crippen molar-refractivity contribution in [1.82, 2.24) is 14.9 Å². The number of hydrogen-bond donors (Lipinski definition) is 1. The number of piperazine rings is 1. The maximum atomic E-state index is 12.5. The standard InChI is InChI=1S/C18H21N5O2/c1-13-4-3-5-15(14(13)2)21-18(25)16-10-17(20-11-19-16)23-8-6-22(12-24)7-9-23/h3-5,10-12H,6-9H2,1-2H3,(H,21,25). The van der Waals surface area contributed by atoms with Crippen molar-refractivity contribution in [2.75, 3.05) is 36.4 Å². The van der Waals surface area contributed by atoms with Crippen molar-refractivity contribution in [3.63, 3.8) is 0 Å². The highest BCUT2D eigenvalue weighted by molar-refractivity contribution is 6.03. The highest BCUT2D eigenvalue weighted by Crippen LogP contribution is 2.19. The molecule has 0 spiro atoms. The Bertz CT molecular complexity index is 785. The molecule has 1 aliphatic rings. The minimum Gasteiger partial charge on any atom is -0.353 e. The number of aryl methyl sites for hydroxylation is 1. The van der Waals surface area contributed by atoms with Crippen LogP contribution in [-0.2, 0) is 4.79 Å². The molecule has 0 aliphatic carbocycles. The Morgan fingerprint density at radius 3 is 2.64 bits per heavy atom. The Hall–Kier alpha value is -2.96. The zero-order valence-corrected chi connectivity index (χ0v) is 14.4. The van der Waals surface area contributed by atoms with Crippen molar-refractivity contribution in [3.8, 4) is 0 Å². The average Bonchev–Trinajstić information content (AvgIpc) is 2.65. The predicted molar refractivity (Wildman–Crippen MR) is 95.8 cm³/mol. The van der Waals surface area contributed by atoms with E-state index >= 15 is 0 Å². The Morgan fingerprint density at radius 2 is 1.92 bits per heavy atom. The molecular formula is C18H21N5O2. The smallest absolute Gasteiger partial charge is 0.274 e. The van der Waals surface area contributed by atoms with Crippen LogP contribution < -0.4 is 10.2 Å². The molecule has 130 valence electrons. The highest BCUT2D eigenvalue weighted by Gasteiger charge is 2.18. The summed E-state index contributed by atoms with van der Waals surface area (Å²) in [6.07, 6.45) is 2.26. The molecule has 0 unspecified atom stereocenters. The molecular weight excluding hydrogens is 318 g/mol. The number of nitrogens with zero attached hydrogens (tertiary/aromatic N) is 4. The maximum Gasteiger partial charge on any atom is 0.274 e. The first-order valence-corrected chi connectivity index (χ1v) is 8.22. The van der Waals surface area contributed by atoms with E-state index in [-0.39, 0.29) is 5.91 Å². The molecule has 1 aromatic heterocycles. The van der Waals surface area contributed by atoms with Crippen molar-refractivity contribution in [3.05, 3.63) is 47.4 Å². The van der Waals surface area contributed by atoms with E-state index in [1.165, 1.54) is 6.33 Å². The summed E-state index contributed by atoms with van der Waals surface area (Å²) >= 11 is 0. The van der Waals surface area contributed by atoms with Crippen LogP contribution in [0.1, 0.15) is 21.6 Å².